The van der Waals surface area contributed by atoms with E-state index in [2.05, 4.69) is 37.5 Å². The van der Waals surface area contributed by atoms with Crippen molar-refractivity contribution in [2.75, 3.05) is 19.7 Å². The van der Waals surface area contributed by atoms with Crippen LogP contribution in [0.15, 0.2) is 29.6 Å². The van der Waals surface area contributed by atoms with Crippen molar-refractivity contribution in [2.24, 2.45) is 0 Å². The number of H-pyrrole nitrogens is 1. The Labute approximate surface area is 141 Å². The van der Waals surface area contributed by atoms with Gasteiger partial charge in [0.25, 0.3) is 5.56 Å². The van der Waals surface area contributed by atoms with E-state index in [0.717, 1.165) is 63.6 Å². The van der Waals surface area contributed by atoms with E-state index >= 15 is 0 Å². The first-order chi connectivity index (χ1) is 11.7. The van der Waals surface area contributed by atoms with E-state index in [-0.39, 0.29) is 11.7 Å². The Bertz CT molecular complexity index is 696. The zero-order chi connectivity index (χ0) is 16.8. The van der Waals surface area contributed by atoms with Gasteiger partial charge in [-0.15, -0.1) is 0 Å². The molecule has 7 nitrogen and oxygen atoms in total. The summed E-state index contributed by atoms with van der Waals surface area (Å²) in [6, 6.07) is 1.56. The molecule has 0 aliphatic carbocycles. The van der Waals surface area contributed by atoms with Crippen molar-refractivity contribution in [3.05, 3.63) is 46.7 Å². The highest BCUT2D eigenvalue weighted by molar-refractivity contribution is 4.99. The molecular formula is C17H25N5O2. The van der Waals surface area contributed by atoms with E-state index in [1.54, 1.807) is 6.07 Å². The van der Waals surface area contributed by atoms with Gasteiger partial charge in [-0.1, -0.05) is 6.92 Å². The second-order valence-corrected chi connectivity index (χ2v) is 6.21. The van der Waals surface area contributed by atoms with Gasteiger partial charge < -0.3 is 14.3 Å². The van der Waals surface area contributed by atoms with E-state index in [4.69, 9.17) is 4.74 Å². The van der Waals surface area contributed by atoms with Crippen molar-refractivity contribution >= 4 is 0 Å². The summed E-state index contributed by atoms with van der Waals surface area (Å²) in [5.74, 6) is 1.12. The van der Waals surface area contributed by atoms with Crippen LogP contribution in [0.4, 0.5) is 0 Å². The number of nitrogens with zero attached hydrogens (tertiary/aromatic N) is 4. The third-order valence-corrected chi connectivity index (χ3v) is 4.31. The first-order valence-corrected chi connectivity index (χ1v) is 8.62. The molecule has 1 fully saturated rings. The van der Waals surface area contributed by atoms with Gasteiger partial charge in [-0.25, -0.2) is 9.97 Å². The van der Waals surface area contributed by atoms with E-state index < -0.39 is 0 Å². The maximum Gasteiger partial charge on any atom is 0.250 e. The van der Waals surface area contributed by atoms with Crippen LogP contribution in [0, 0.1) is 0 Å². The highest BCUT2D eigenvalue weighted by atomic mass is 16.5. The molecule has 24 heavy (non-hydrogen) atoms. The molecule has 7 heteroatoms. The average molecular weight is 331 g/mol. The molecule has 2 aromatic heterocycles. The van der Waals surface area contributed by atoms with Crippen molar-refractivity contribution < 1.29 is 4.74 Å². The standard InChI is InChI=1S/C17H25N5O2/c1-2-6-22-7-5-18-16(22)12-21-8-9-24-15(11-21)4-3-14-10-17(23)20-13-19-14/h5,7,10,13,15H,2-4,6,8-9,11-12H2,1H3,(H,19,20,23)/t15-/m0/s1. The molecule has 2 aromatic rings. The molecule has 3 heterocycles. The van der Waals surface area contributed by atoms with Crippen LogP contribution in [0.25, 0.3) is 0 Å². The van der Waals surface area contributed by atoms with Crippen LogP contribution in [0.5, 0.6) is 0 Å². The maximum absolute atomic E-state index is 11.3. The highest BCUT2D eigenvalue weighted by Gasteiger charge is 2.21. The number of hydrogen-bond donors (Lipinski definition) is 1. The molecule has 1 aliphatic rings. The Morgan fingerprint density at radius 1 is 1.42 bits per heavy atom. The third-order valence-electron chi connectivity index (χ3n) is 4.31. The molecule has 1 aliphatic heterocycles. The van der Waals surface area contributed by atoms with Crippen LogP contribution < -0.4 is 5.56 Å². The summed E-state index contributed by atoms with van der Waals surface area (Å²) in [5.41, 5.74) is 0.715. The minimum atomic E-state index is -0.103. The van der Waals surface area contributed by atoms with E-state index in [0.29, 0.717) is 0 Å². The molecule has 1 atom stereocenters. The van der Waals surface area contributed by atoms with Gasteiger partial charge in [0.1, 0.15) is 5.82 Å². The minimum absolute atomic E-state index is 0.103. The first kappa shape index (κ1) is 16.9. The van der Waals surface area contributed by atoms with Gasteiger partial charge in [0, 0.05) is 43.8 Å². The summed E-state index contributed by atoms with van der Waals surface area (Å²) in [4.78, 5) is 24.9. The van der Waals surface area contributed by atoms with Gasteiger partial charge in [0.05, 0.1) is 25.6 Å². The molecule has 1 saturated heterocycles. The molecule has 0 aromatic carbocycles. The summed E-state index contributed by atoms with van der Waals surface area (Å²) >= 11 is 0. The van der Waals surface area contributed by atoms with Crippen LogP contribution in [-0.4, -0.2) is 50.2 Å². The van der Waals surface area contributed by atoms with Gasteiger partial charge in [-0.2, -0.15) is 0 Å². The van der Waals surface area contributed by atoms with Gasteiger partial charge in [-0.05, 0) is 19.3 Å². The number of aromatic amines is 1. The zero-order valence-electron chi connectivity index (χ0n) is 14.1. The summed E-state index contributed by atoms with van der Waals surface area (Å²) in [6.07, 6.45) is 8.30. The zero-order valence-corrected chi connectivity index (χ0v) is 14.1. The number of aryl methyl sites for hydroxylation is 2. The van der Waals surface area contributed by atoms with Crippen molar-refractivity contribution in [3.8, 4) is 0 Å². The number of rotatable bonds is 7. The molecular weight excluding hydrogens is 306 g/mol. The van der Waals surface area contributed by atoms with E-state index in [9.17, 15) is 4.79 Å². The van der Waals surface area contributed by atoms with Crippen LogP contribution in [0.1, 0.15) is 31.3 Å². The first-order valence-electron chi connectivity index (χ1n) is 8.62. The number of imidazole rings is 1. The molecule has 0 unspecified atom stereocenters. The lowest BCUT2D eigenvalue weighted by molar-refractivity contribution is -0.0356. The fourth-order valence-electron chi connectivity index (χ4n) is 3.09. The van der Waals surface area contributed by atoms with Crippen molar-refractivity contribution in [1.82, 2.24) is 24.4 Å². The molecule has 1 N–H and O–H groups in total. The molecule has 0 spiro atoms. The third kappa shape index (κ3) is 4.52. The number of ether oxygens (including phenoxy) is 1. The smallest absolute Gasteiger partial charge is 0.250 e. The molecule has 130 valence electrons. The van der Waals surface area contributed by atoms with Crippen molar-refractivity contribution in [3.63, 3.8) is 0 Å². The predicted molar refractivity (Wildman–Crippen MR) is 90.7 cm³/mol. The quantitative estimate of drug-likeness (QED) is 0.825. The lowest BCUT2D eigenvalue weighted by atomic mass is 10.1. The minimum Gasteiger partial charge on any atom is -0.376 e. The Kier molecular flexibility index (Phi) is 5.77. The largest absolute Gasteiger partial charge is 0.376 e. The van der Waals surface area contributed by atoms with Crippen LogP contribution in [0.3, 0.4) is 0 Å². The normalized spacial score (nSPS) is 18.8. The molecule has 0 amide bonds. The van der Waals surface area contributed by atoms with Gasteiger partial charge in [-0.3, -0.25) is 9.69 Å². The predicted octanol–water partition coefficient (Wildman–Crippen LogP) is 1.21. The van der Waals surface area contributed by atoms with Crippen LogP contribution in [-0.2, 0) is 24.2 Å². The van der Waals surface area contributed by atoms with E-state index in [1.165, 1.54) is 6.33 Å². The maximum atomic E-state index is 11.3. The average Bonchev–Trinajstić information content (AvgIpc) is 3.01. The summed E-state index contributed by atoms with van der Waals surface area (Å²) < 4.78 is 8.10. The van der Waals surface area contributed by atoms with Gasteiger partial charge in [0.15, 0.2) is 0 Å². The van der Waals surface area contributed by atoms with Gasteiger partial charge >= 0.3 is 0 Å². The highest BCUT2D eigenvalue weighted by Crippen LogP contribution is 2.14. The van der Waals surface area contributed by atoms with Crippen molar-refractivity contribution in [1.29, 1.82) is 0 Å². The Morgan fingerprint density at radius 3 is 3.17 bits per heavy atom. The summed E-state index contributed by atoms with van der Waals surface area (Å²) in [6.45, 7) is 6.60. The number of morpholine rings is 1. The molecule has 0 bridgehead atoms. The number of aromatic nitrogens is 4. The number of nitrogens with one attached hydrogen (secondary N) is 1. The van der Waals surface area contributed by atoms with E-state index in [1.807, 2.05) is 6.20 Å². The Balaban J connectivity index is 1.52. The molecule has 0 saturated carbocycles. The Hall–Kier alpha value is -1.99. The van der Waals surface area contributed by atoms with Crippen molar-refractivity contribution in [2.45, 2.75) is 45.4 Å². The van der Waals surface area contributed by atoms with Crippen LogP contribution >= 0.6 is 0 Å². The summed E-state index contributed by atoms with van der Waals surface area (Å²) in [5, 5.41) is 0. The fraction of sp³-hybridized carbons (Fsp3) is 0.588. The second-order valence-electron chi connectivity index (χ2n) is 6.21. The summed E-state index contributed by atoms with van der Waals surface area (Å²) in [7, 11) is 0. The van der Waals surface area contributed by atoms with Crippen LogP contribution in [0.2, 0.25) is 0 Å². The van der Waals surface area contributed by atoms with Gasteiger partial charge in [0.2, 0.25) is 0 Å². The number of hydrogen-bond acceptors (Lipinski definition) is 5. The molecule has 0 radical (unpaired) electrons. The lowest BCUT2D eigenvalue weighted by Crippen LogP contribution is -2.42. The second kappa shape index (κ2) is 8.21. The monoisotopic (exact) mass is 331 g/mol. The molecule has 3 rings (SSSR count). The SMILES string of the molecule is CCCn1ccnc1CN1CCO[C@@H](CCc2cc(=O)[nH]cn2)C1. The lowest BCUT2D eigenvalue weighted by Gasteiger charge is -2.32. The fourth-order valence-corrected chi connectivity index (χ4v) is 3.09. The Morgan fingerprint density at radius 2 is 2.33 bits per heavy atom. The topological polar surface area (TPSA) is 76.0 Å².